The number of likely N-dealkylation sites (N-methyl/N-ethyl adjacent to an activating group) is 1. The van der Waals surface area contributed by atoms with E-state index in [0.717, 1.165) is 90.6 Å². The van der Waals surface area contributed by atoms with Crippen LogP contribution in [0, 0.1) is 0 Å². The van der Waals surface area contributed by atoms with Crippen LogP contribution in [0.2, 0.25) is 0 Å². The first-order valence-electron chi connectivity index (χ1n) is 13.2. The minimum absolute atomic E-state index is 0.0167. The van der Waals surface area contributed by atoms with Crippen molar-refractivity contribution in [2.45, 2.75) is 63.5 Å². The molecular formula is C27H42N4O3. The zero-order valence-electron chi connectivity index (χ0n) is 21.1. The van der Waals surface area contributed by atoms with Gasteiger partial charge in [0.25, 0.3) is 5.91 Å². The molecule has 2 heterocycles. The number of hydrogen-bond donors (Lipinski definition) is 0. The summed E-state index contributed by atoms with van der Waals surface area (Å²) in [6.07, 6.45) is 8.16. The van der Waals surface area contributed by atoms with Crippen molar-refractivity contribution in [3.05, 3.63) is 29.8 Å². The molecule has 2 amide bonds. The maximum Gasteiger partial charge on any atom is 0.257 e. The molecule has 0 bridgehead atoms. The van der Waals surface area contributed by atoms with Gasteiger partial charge >= 0.3 is 0 Å². The molecule has 0 aromatic heterocycles. The Labute approximate surface area is 205 Å². The Hall–Kier alpha value is -2.12. The number of carbonyl (C=O) groups is 2. The molecule has 1 aromatic carbocycles. The van der Waals surface area contributed by atoms with Crippen LogP contribution < -0.4 is 4.74 Å². The van der Waals surface area contributed by atoms with Crippen LogP contribution in [-0.2, 0) is 4.79 Å². The number of fused-ring (bicyclic) bond motifs is 2. The highest BCUT2D eigenvalue weighted by Crippen LogP contribution is 2.30. The number of piperazine rings is 1. The zero-order valence-corrected chi connectivity index (χ0v) is 21.1. The van der Waals surface area contributed by atoms with E-state index in [1.807, 2.05) is 36.2 Å². The molecule has 0 radical (unpaired) electrons. The smallest absolute Gasteiger partial charge is 0.257 e. The predicted octanol–water partition coefficient (Wildman–Crippen LogP) is 3.10. The summed E-state index contributed by atoms with van der Waals surface area (Å²) in [5.41, 5.74) is 0.627. The molecule has 0 N–H and O–H groups in total. The quantitative estimate of drug-likeness (QED) is 0.665. The molecule has 7 heteroatoms. The summed E-state index contributed by atoms with van der Waals surface area (Å²) in [4.78, 5) is 35.4. The molecule has 1 saturated heterocycles. The third-order valence-electron chi connectivity index (χ3n) is 7.73. The lowest BCUT2D eigenvalue weighted by molar-refractivity contribution is -0.138. The number of hydrogen-bond acceptors (Lipinski definition) is 5. The first-order valence-corrected chi connectivity index (χ1v) is 13.2. The Bertz CT molecular complexity index is 824. The van der Waals surface area contributed by atoms with Crippen molar-refractivity contribution in [2.75, 3.05) is 59.9 Å². The minimum atomic E-state index is -0.0765. The third-order valence-corrected chi connectivity index (χ3v) is 7.73. The van der Waals surface area contributed by atoms with Crippen LogP contribution in [0.25, 0.3) is 0 Å². The molecule has 2 atom stereocenters. The summed E-state index contributed by atoms with van der Waals surface area (Å²) >= 11 is 0. The number of carbonyl (C=O) groups excluding carboxylic acids is 2. The van der Waals surface area contributed by atoms with E-state index >= 15 is 0 Å². The zero-order chi connectivity index (χ0) is 23.9. The van der Waals surface area contributed by atoms with Crippen LogP contribution in [0.15, 0.2) is 24.3 Å². The Morgan fingerprint density at radius 1 is 0.882 bits per heavy atom. The largest absolute Gasteiger partial charge is 0.487 e. The van der Waals surface area contributed by atoms with Crippen molar-refractivity contribution in [1.82, 2.24) is 19.6 Å². The van der Waals surface area contributed by atoms with Crippen molar-refractivity contribution >= 4 is 11.8 Å². The molecule has 4 rings (SSSR count). The van der Waals surface area contributed by atoms with Crippen LogP contribution in [0.1, 0.15) is 61.7 Å². The molecule has 1 saturated carbocycles. The van der Waals surface area contributed by atoms with E-state index in [9.17, 15) is 9.59 Å². The van der Waals surface area contributed by atoms with Crippen LogP contribution in [0.3, 0.4) is 0 Å². The highest BCUT2D eigenvalue weighted by molar-refractivity contribution is 5.96. The Morgan fingerprint density at radius 3 is 2.38 bits per heavy atom. The van der Waals surface area contributed by atoms with Gasteiger partial charge < -0.3 is 19.4 Å². The van der Waals surface area contributed by atoms with Gasteiger partial charge in [0.2, 0.25) is 5.91 Å². The van der Waals surface area contributed by atoms with Crippen molar-refractivity contribution in [3.8, 4) is 5.75 Å². The van der Waals surface area contributed by atoms with E-state index in [4.69, 9.17) is 4.74 Å². The van der Waals surface area contributed by atoms with Gasteiger partial charge in [-0.1, -0.05) is 31.4 Å². The minimum Gasteiger partial charge on any atom is -0.487 e. The van der Waals surface area contributed by atoms with Gasteiger partial charge in [0, 0.05) is 46.3 Å². The van der Waals surface area contributed by atoms with Crippen LogP contribution in [0.4, 0.5) is 0 Å². The summed E-state index contributed by atoms with van der Waals surface area (Å²) in [7, 11) is 4.03. The molecule has 3 aliphatic rings. The fourth-order valence-corrected chi connectivity index (χ4v) is 5.54. The second kappa shape index (κ2) is 12.0. The SMILES string of the molecule is CN1CCN(CC(=O)N2CCCCCCN(C)C(=O)c3ccccc3O[C@H]3CCCC[C@H]32)CC1. The van der Waals surface area contributed by atoms with Crippen LogP contribution in [-0.4, -0.2) is 103 Å². The average molecular weight is 471 g/mol. The number of ether oxygens (including phenoxy) is 1. The van der Waals surface area contributed by atoms with Gasteiger partial charge in [-0.2, -0.15) is 0 Å². The van der Waals surface area contributed by atoms with E-state index in [-0.39, 0.29) is 24.0 Å². The van der Waals surface area contributed by atoms with Gasteiger partial charge in [-0.15, -0.1) is 0 Å². The molecule has 188 valence electrons. The number of nitrogens with zero attached hydrogens (tertiary/aromatic N) is 4. The lowest BCUT2D eigenvalue weighted by Gasteiger charge is -2.41. The maximum absolute atomic E-state index is 13.6. The predicted molar refractivity (Wildman–Crippen MR) is 134 cm³/mol. The van der Waals surface area contributed by atoms with Crippen molar-refractivity contribution in [2.24, 2.45) is 0 Å². The first kappa shape index (κ1) is 25.0. The normalized spacial score (nSPS) is 26.2. The van der Waals surface area contributed by atoms with Gasteiger partial charge in [0.15, 0.2) is 0 Å². The van der Waals surface area contributed by atoms with Gasteiger partial charge in [0.1, 0.15) is 11.9 Å². The molecule has 2 aliphatic heterocycles. The lowest BCUT2D eigenvalue weighted by atomic mass is 9.90. The van der Waals surface area contributed by atoms with Crippen LogP contribution in [0.5, 0.6) is 5.75 Å². The fraction of sp³-hybridized carbons (Fsp3) is 0.704. The molecule has 1 aromatic rings. The Morgan fingerprint density at radius 2 is 1.59 bits per heavy atom. The lowest BCUT2D eigenvalue weighted by Crippen LogP contribution is -2.55. The molecule has 0 unspecified atom stereocenters. The monoisotopic (exact) mass is 470 g/mol. The maximum atomic E-state index is 13.6. The number of para-hydroxylation sites is 1. The molecule has 2 fully saturated rings. The van der Waals surface area contributed by atoms with Gasteiger partial charge in [0.05, 0.1) is 18.2 Å². The molecular weight excluding hydrogens is 428 g/mol. The van der Waals surface area contributed by atoms with Gasteiger partial charge in [-0.05, 0) is 51.3 Å². The summed E-state index contributed by atoms with van der Waals surface area (Å²) < 4.78 is 6.59. The molecule has 0 spiro atoms. The third kappa shape index (κ3) is 6.30. The fourth-order valence-electron chi connectivity index (χ4n) is 5.54. The Balaban J connectivity index is 1.56. The summed E-state index contributed by atoms with van der Waals surface area (Å²) in [5, 5.41) is 0. The molecule has 1 aliphatic carbocycles. The molecule has 34 heavy (non-hydrogen) atoms. The van der Waals surface area contributed by atoms with Crippen molar-refractivity contribution in [3.63, 3.8) is 0 Å². The van der Waals surface area contributed by atoms with Gasteiger partial charge in [-0.25, -0.2) is 0 Å². The van der Waals surface area contributed by atoms with E-state index < -0.39 is 0 Å². The second-order valence-electron chi connectivity index (χ2n) is 10.3. The van der Waals surface area contributed by atoms with Crippen molar-refractivity contribution in [1.29, 1.82) is 0 Å². The van der Waals surface area contributed by atoms with E-state index in [1.165, 1.54) is 0 Å². The van der Waals surface area contributed by atoms with E-state index in [2.05, 4.69) is 21.7 Å². The topological polar surface area (TPSA) is 56.3 Å². The highest BCUT2D eigenvalue weighted by atomic mass is 16.5. The van der Waals surface area contributed by atoms with Crippen LogP contribution >= 0.6 is 0 Å². The number of benzene rings is 1. The molecule has 7 nitrogen and oxygen atoms in total. The number of rotatable bonds is 2. The van der Waals surface area contributed by atoms with E-state index in [0.29, 0.717) is 17.9 Å². The van der Waals surface area contributed by atoms with Gasteiger partial charge in [-0.3, -0.25) is 14.5 Å². The van der Waals surface area contributed by atoms with Crippen molar-refractivity contribution < 1.29 is 14.3 Å². The standard InChI is InChI=1S/C27H42N4O3/c1-28-17-19-30(20-18-28)21-26(32)31-16-10-4-3-9-15-29(2)27(33)22-11-5-7-13-24(22)34-25-14-8-6-12-23(25)31/h5,7,11,13,23,25H,3-4,6,8-10,12,14-21H2,1-2H3/t23-,25+/m1/s1. The second-order valence-corrected chi connectivity index (χ2v) is 10.3. The Kier molecular flexibility index (Phi) is 8.84. The highest BCUT2D eigenvalue weighted by Gasteiger charge is 2.35. The average Bonchev–Trinajstić information content (AvgIpc) is 2.85. The summed E-state index contributed by atoms with van der Waals surface area (Å²) in [5.74, 6) is 0.907. The number of amides is 2. The summed E-state index contributed by atoms with van der Waals surface area (Å²) in [6.45, 7) is 5.96. The summed E-state index contributed by atoms with van der Waals surface area (Å²) in [6, 6.07) is 7.69. The van der Waals surface area contributed by atoms with E-state index in [1.54, 1.807) is 0 Å². The first-order chi connectivity index (χ1) is 16.5.